The van der Waals surface area contributed by atoms with Gasteiger partial charge in [-0.25, -0.2) is 4.98 Å². The normalized spacial score (nSPS) is 19.0. The molecule has 1 unspecified atom stereocenters. The summed E-state index contributed by atoms with van der Waals surface area (Å²) in [7, 11) is 0. The second-order valence-electron chi connectivity index (χ2n) is 7.80. The number of hydrogen-bond donors (Lipinski definition) is 1. The SMILES string of the molecule is CCC(NC(=O)[C@@H]1C[C@@H](Oc2ccccc2)CN1C(C)=O)C(=O)c1nc2ccccc2o1. The minimum atomic E-state index is -0.807. The monoisotopic (exact) mass is 435 g/mol. The van der Waals surface area contributed by atoms with Crippen LogP contribution in [-0.4, -0.2) is 52.2 Å². The number of Topliss-reactive ketones (excluding diaryl/α,β-unsaturated/α-hetero) is 1. The topological polar surface area (TPSA) is 102 Å². The van der Waals surface area contributed by atoms with E-state index in [1.165, 1.54) is 11.8 Å². The minimum absolute atomic E-state index is 0.0431. The number of likely N-dealkylation sites (tertiary alicyclic amines) is 1. The Kier molecular flexibility index (Phi) is 6.20. The second-order valence-corrected chi connectivity index (χ2v) is 7.80. The number of aromatic nitrogens is 1. The zero-order valence-electron chi connectivity index (χ0n) is 18.0. The number of rotatable bonds is 7. The highest BCUT2D eigenvalue weighted by atomic mass is 16.5. The van der Waals surface area contributed by atoms with E-state index in [0.29, 0.717) is 36.2 Å². The summed E-state index contributed by atoms with van der Waals surface area (Å²) < 4.78 is 11.5. The fraction of sp³-hybridized carbons (Fsp3) is 0.333. The number of nitrogens with zero attached hydrogens (tertiary/aromatic N) is 2. The summed E-state index contributed by atoms with van der Waals surface area (Å²) in [5, 5.41) is 2.78. The van der Waals surface area contributed by atoms with E-state index < -0.39 is 23.8 Å². The van der Waals surface area contributed by atoms with E-state index in [4.69, 9.17) is 9.15 Å². The number of nitrogens with one attached hydrogen (secondary N) is 1. The van der Waals surface area contributed by atoms with Crippen molar-refractivity contribution in [3.63, 3.8) is 0 Å². The van der Waals surface area contributed by atoms with E-state index in [2.05, 4.69) is 10.3 Å². The summed E-state index contributed by atoms with van der Waals surface area (Å²) in [4.78, 5) is 43.9. The van der Waals surface area contributed by atoms with Crippen LogP contribution in [0.25, 0.3) is 11.1 Å². The van der Waals surface area contributed by atoms with Gasteiger partial charge in [0.25, 0.3) is 5.89 Å². The van der Waals surface area contributed by atoms with Crippen LogP contribution in [0.2, 0.25) is 0 Å². The molecule has 0 radical (unpaired) electrons. The Morgan fingerprint density at radius 1 is 1.16 bits per heavy atom. The third-order valence-electron chi connectivity index (χ3n) is 5.56. The molecule has 1 aliphatic rings. The maximum absolute atomic E-state index is 13.1. The third kappa shape index (κ3) is 4.49. The first kappa shape index (κ1) is 21.5. The molecule has 2 aromatic carbocycles. The predicted octanol–water partition coefficient (Wildman–Crippen LogP) is 2.97. The van der Waals surface area contributed by atoms with Crippen molar-refractivity contribution in [1.82, 2.24) is 15.2 Å². The van der Waals surface area contributed by atoms with Crippen LogP contribution in [0.4, 0.5) is 0 Å². The fourth-order valence-electron chi connectivity index (χ4n) is 3.92. The van der Waals surface area contributed by atoms with E-state index in [0.717, 1.165) is 0 Å². The number of para-hydroxylation sites is 3. The molecule has 4 rings (SSSR count). The van der Waals surface area contributed by atoms with Crippen molar-refractivity contribution < 1.29 is 23.5 Å². The Balaban J connectivity index is 1.46. The van der Waals surface area contributed by atoms with Crippen molar-refractivity contribution >= 4 is 28.7 Å². The van der Waals surface area contributed by atoms with Crippen LogP contribution in [-0.2, 0) is 9.59 Å². The maximum Gasteiger partial charge on any atom is 0.266 e. The molecule has 1 saturated heterocycles. The molecular weight excluding hydrogens is 410 g/mol. The van der Waals surface area contributed by atoms with E-state index >= 15 is 0 Å². The Hall–Kier alpha value is -3.68. The van der Waals surface area contributed by atoms with Crippen LogP contribution in [0.3, 0.4) is 0 Å². The van der Waals surface area contributed by atoms with Gasteiger partial charge in [-0.05, 0) is 30.7 Å². The number of amides is 2. The molecule has 1 aliphatic heterocycles. The fourth-order valence-corrected chi connectivity index (χ4v) is 3.92. The quantitative estimate of drug-likeness (QED) is 0.573. The zero-order valence-corrected chi connectivity index (χ0v) is 18.0. The number of carbonyl (C=O) groups is 3. The van der Waals surface area contributed by atoms with Crippen molar-refractivity contribution in [3.05, 3.63) is 60.5 Å². The largest absolute Gasteiger partial charge is 0.488 e. The van der Waals surface area contributed by atoms with Crippen LogP contribution in [0.1, 0.15) is 37.4 Å². The number of carbonyl (C=O) groups excluding carboxylic acids is 3. The van der Waals surface area contributed by atoms with Gasteiger partial charge in [-0.2, -0.15) is 0 Å². The summed E-state index contributed by atoms with van der Waals surface area (Å²) in [5.74, 6) is -0.377. The van der Waals surface area contributed by atoms with Crippen LogP contribution in [0.15, 0.2) is 59.0 Å². The molecule has 166 valence electrons. The van der Waals surface area contributed by atoms with Crippen molar-refractivity contribution in [3.8, 4) is 5.75 Å². The molecule has 1 fully saturated rings. The molecule has 32 heavy (non-hydrogen) atoms. The van der Waals surface area contributed by atoms with E-state index in [1.54, 1.807) is 25.1 Å². The molecule has 1 N–H and O–H groups in total. The van der Waals surface area contributed by atoms with Gasteiger partial charge in [-0.1, -0.05) is 37.3 Å². The molecule has 0 aliphatic carbocycles. The van der Waals surface area contributed by atoms with E-state index in [9.17, 15) is 14.4 Å². The Morgan fingerprint density at radius 2 is 1.88 bits per heavy atom. The highest BCUT2D eigenvalue weighted by Crippen LogP contribution is 2.24. The lowest BCUT2D eigenvalue weighted by atomic mass is 10.1. The first-order valence-electron chi connectivity index (χ1n) is 10.6. The Labute approximate surface area is 185 Å². The molecular formula is C24H25N3O5. The number of oxazole rings is 1. The van der Waals surface area contributed by atoms with Crippen molar-refractivity contribution in [2.45, 2.75) is 44.9 Å². The smallest absolute Gasteiger partial charge is 0.266 e. The summed E-state index contributed by atoms with van der Waals surface area (Å²) in [6, 6.07) is 14.8. The first-order valence-corrected chi connectivity index (χ1v) is 10.6. The molecule has 8 nitrogen and oxygen atoms in total. The van der Waals surface area contributed by atoms with Crippen LogP contribution >= 0.6 is 0 Å². The standard InChI is InChI=1S/C24H25N3O5/c1-3-18(22(29)24-26-19-11-7-8-12-21(19)32-24)25-23(30)20-13-17(14-27(20)15(2)28)31-16-9-5-4-6-10-16/h4-12,17-18,20H,3,13-14H2,1-2H3,(H,25,30)/t17-,18?,20+/m1/s1. The predicted molar refractivity (Wildman–Crippen MR) is 117 cm³/mol. The number of fused-ring (bicyclic) bond motifs is 1. The molecule has 1 aromatic heterocycles. The van der Waals surface area contributed by atoms with Gasteiger partial charge in [-0.15, -0.1) is 0 Å². The van der Waals surface area contributed by atoms with Gasteiger partial charge in [-0.3, -0.25) is 14.4 Å². The van der Waals surface area contributed by atoms with Gasteiger partial charge < -0.3 is 19.4 Å². The van der Waals surface area contributed by atoms with E-state index in [1.807, 2.05) is 36.4 Å². The summed E-state index contributed by atoms with van der Waals surface area (Å²) in [5.41, 5.74) is 1.09. The van der Waals surface area contributed by atoms with Crippen molar-refractivity contribution in [2.24, 2.45) is 0 Å². The van der Waals surface area contributed by atoms with Crippen LogP contribution in [0.5, 0.6) is 5.75 Å². The molecule has 0 spiro atoms. The number of benzene rings is 2. The first-order chi connectivity index (χ1) is 15.5. The molecule has 3 aromatic rings. The van der Waals surface area contributed by atoms with Crippen LogP contribution < -0.4 is 10.1 Å². The average molecular weight is 435 g/mol. The molecule has 0 saturated carbocycles. The van der Waals surface area contributed by atoms with Gasteiger partial charge >= 0.3 is 0 Å². The highest BCUT2D eigenvalue weighted by Gasteiger charge is 2.40. The van der Waals surface area contributed by atoms with Gasteiger partial charge in [0, 0.05) is 13.3 Å². The Morgan fingerprint density at radius 3 is 2.56 bits per heavy atom. The average Bonchev–Trinajstić information content (AvgIpc) is 3.42. The Bertz CT molecular complexity index is 1090. The zero-order chi connectivity index (χ0) is 22.7. The molecule has 8 heteroatoms. The number of hydrogen-bond acceptors (Lipinski definition) is 6. The van der Waals surface area contributed by atoms with E-state index in [-0.39, 0.29) is 17.9 Å². The van der Waals surface area contributed by atoms with Crippen molar-refractivity contribution in [1.29, 1.82) is 0 Å². The molecule has 3 atom stereocenters. The lowest BCUT2D eigenvalue weighted by Gasteiger charge is -2.24. The van der Waals surface area contributed by atoms with Gasteiger partial charge in [0.2, 0.25) is 17.6 Å². The summed E-state index contributed by atoms with van der Waals surface area (Å²) in [6.07, 6.45) is 0.387. The molecule has 0 bridgehead atoms. The lowest BCUT2D eigenvalue weighted by molar-refractivity contribution is -0.137. The number of ketones is 1. The maximum atomic E-state index is 13.1. The molecule has 2 amide bonds. The van der Waals surface area contributed by atoms with Gasteiger partial charge in [0.1, 0.15) is 23.4 Å². The lowest BCUT2D eigenvalue weighted by Crippen LogP contribution is -2.50. The summed E-state index contributed by atoms with van der Waals surface area (Å²) >= 11 is 0. The second kappa shape index (κ2) is 9.21. The highest BCUT2D eigenvalue weighted by molar-refractivity contribution is 6.00. The van der Waals surface area contributed by atoms with Crippen molar-refractivity contribution in [2.75, 3.05) is 6.54 Å². The van der Waals surface area contributed by atoms with Gasteiger partial charge in [0.05, 0.1) is 12.6 Å². The molecule has 2 heterocycles. The number of ether oxygens (including phenoxy) is 1. The van der Waals surface area contributed by atoms with Gasteiger partial charge in [0.15, 0.2) is 5.58 Å². The van der Waals surface area contributed by atoms with Crippen LogP contribution in [0, 0.1) is 0 Å². The minimum Gasteiger partial charge on any atom is -0.488 e. The third-order valence-corrected chi connectivity index (χ3v) is 5.56. The summed E-state index contributed by atoms with van der Waals surface area (Å²) in [6.45, 7) is 3.52.